The van der Waals surface area contributed by atoms with Crippen LogP contribution in [0.3, 0.4) is 0 Å². The zero-order valence-electron chi connectivity index (χ0n) is 16.4. The first-order chi connectivity index (χ1) is 13.6. The van der Waals surface area contributed by atoms with Crippen molar-refractivity contribution in [2.24, 2.45) is 5.92 Å². The highest BCUT2D eigenvalue weighted by molar-refractivity contribution is 5.87. The lowest BCUT2D eigenvalue weighted by atomic mass is 9.96. The maximum Gasteiger partial charge on any atom is 0.157 e. The van der Waals surface area contributed by atoms with E-state index in [4.69, 9.17) is 4.98 Å². The molecule has 0 unspecified atom stereocenters. The minimum Gasteiger partial charge on any atom is -0.341 e. The van der Waals surface area contributed by atoms with E-state index in [1.54, 1.807) is 12.4 Å². The Bertz CT molecular complexity index is 1180. The molecule has 1 N–H and O–H groups in total. The summed E-state index contributed by atoms with van der Waals surface area (Å²) in [5.41, 5.74) is 6.36. The molecule has 0 fully saturated rings. The molecule has 5 heteroatoms. The molecule has 4 aromatic rings. The van der Waals surface area contributed by atoms with E-state index >= 15 is 0 Å². The molecule has 0 radical (unpaired) electrons. The zero-order chi connectivity index (χ0) is 19.7. The van der Waals surface area contributed by atoms with Crippen LogP contribution in [-0.4, -0.2) is 14.4 Å². The molecule has 0 bridgehead atoms. The number of nitrogens with one attached hydrogen (secondary N) is 1. The monoisotopic (exact) mass is 369 g/mol. The van der Waals surface area contributed by atoms with Gasteiger partial charge in [-0.25, -0.2) is 4.98 Å². The second kappa shape index (κ2) is 7.32. The Balaban J connectivity index is 2.06. The summed E-state index contributed by atoms with van der Waals surface area (Å²) >= 11 is 0. The van der Waals surface area contributed by atoms with E-state index in [2.05, 4.69) is 40.7 Å². The van der Waals surface area contributed by atoms with Gasteiger partial charge in [0.1, 0.15) is 11.9 Å². The Hall–Kier alpha value is -3.39. The number of fused-ring (bicyclic) bond motifs is 3. The van der Waals surface area contributed by atoms with E-state index in [1.807, 2.05) is 37.3 Å². The number of imidazole rings is 1. The molecule has 0 amide bonds. The summed E-state index contributed by atoms with van der Waals surface area (Å²) in [6.45, 7) is 6.48. The van der Waals surface area contributed by atoms with Gasteiger partial charge < -0.3 is 5.32 Å². The topological polar surface area (TPSA) is 66.0 Å². The molecule has 1 aromatic carbocycles. The van der Waals surface area contributed by atoms with Gasteiger partial charge in [-0.05, 0) is 61.1 Å². The highest BCUT2D eigenvalue weighted by Crippen LogP contribution is 2.33. The SMILES string of the molecule is Cc1c(CCC(C)C)c(Nc2ccncc2)n2c(nc3ccccc32)c1C#N. The highest BCUT2D eigenvalue weighted by Gasteiger charge is 2.21. The summed E-state index contributed by atoms with van der Waals surface area (Å²) < 4.78 is 2.09. The number of benzene rings is 1. The normalized spacial score (nSPS) is 11.2. The van der Waals surface area contributed by atoms with Crippen LogP contribution in [0, 0.1) is 24.2 Å². The summed E-state index contributed by atoms with van der Waals surface area (Å²) in [6, 6.07) is 14.3. The molecule has 0 aliphatic heterocycles. The van der Waals surface area contributed by atoms with Crippen molar-refractivity contribution in [1.29, 1.82) is 5.26 Å². The molecule has 28 heavy (non-hydrogen) atoms. The Morgan fingerprint density at radius 3 is 2.61 bits per heavy atom. The molecule has 0 aliphatic carbocycles. The smallest absolute Gasteiger partial charge is 0.157 e. The van der Waals surface area contributed by atoms with Crippen molar-refractivity contribution in [3.05, 3.63) is 65.5 Å². The average Bonchev–Trinajstić information content (AvgIpc) is 3.07. The number of nitriles is 1. The second-order valence-corrected chi connectivity index (χ2v) is 7.49. The van der Waals surface area contributed by atoms with Gasteiger partial charge in [-0.1, -0.05) is 26.0 Å². The number of anilines is 2. The van der Waals surface area contributed by atoms with Crippen molar-refractivity contribution < 1.29 is 0 Å². The van der Waals surface area contributed by atoms with Crippen LogP contribution < -0.4 is 5.32 Å². The molecule has 4 rings (SSSR count). The van der Waals surface area contributed by atoms with E-state index in [0.717, 1.165) is 46.5 Å². The summed E-state index contributed by atoms with van der Waals surface area (Å²) in [5, 5.41) is 13.5. The average molecular weight is 369 g/mol. The Morgan fingerprint density at radius 2 is 1.89 bits per heavy atom. The van der Waals surface area contributed by atoms with Crippen LogP contribution in [0.15, 0.2) is 48.8 Å². The van der Waals surface area contributed by atoms with Crippen molar-refractivity contribution in [1.82, 2.24) is 14.4 Å². The fourth-order valence-corrected chi connectivity index (χ4v) is 3.63. The van der Waals surface area contributed by atoms with Crippen LogP contribution in [0.1, 0.15) is 37.0 Å². The number of para-hydroxylation sites is 2. The Kier molecular flexibility index (Phi) is 4.70. The van der Waals surface area contributed by atoms with Gasteiger partial charge in [0.25, 0.3) is 0 Å². The third-order valence-corrected chi connectivity index (χ3v) is 5.15. The predicted octanol–water partition coefficient (Wildman–Crippen LogP) is 5.39. The quantitative estimate of drug-likeness (QED) is 0.512. The number of pyridine rings is 2. The first-order valence-corrected chi connectivity index (χ1v) is 9.60. The number of hydrogen-bond acceptors (Lipinski definition) is 4. The second-order valence-electron chi connectivity index (χ2n) is 7.49. The van der Waals surface area contributed by atoms with Crippen LogP contribution >= 0.6 is 0 Å². The number of rotatable bonds is 5. The fraction of sp³-hybridized carbons (Fsp3) is 0.261. The number of hydrogen-bond donors (Lipinski definition) is 1. The highest BCUT2D eigenvalue weighted by atomic mass is 15.1. The molecular weight excluding hydrogens is 346 g/mol. The molecule has 0 spiro atoms. The molecule has 3 aromatic heterocycles. The third kappa shape index (κ3) is 3.07. The lowest BCUT2D eigenvalue weighted by Gasteiger charge is -2.19. The molecule has 0 atom stereocenters. The lowest BCUT2D eigenvalue weighted by molar-refractivity contribution is 0.585. The third-order valence-electron chi connectivity index (χ3n) is 5.15. The van der Waals surface area contributed by atoms with Gasteiger partial charge in [0.2, 0.25) is 0 Å². The zero-order valence-corrected chi connectivity index (χ0v) is 16.4. The largest absolute Gasteiger partial charge is 0.341 e. The molecule has 0 saturated carbocycles. The van der Waals surface area contributed by atoms with Gasteiger partial charge in [0, 0.05) is 18.1 Å². The van der Waals surface area contributed by atoms with Crippen LogP contribution in [-0.2, 0) is 6.42 Å². The fourth-order valence-electron chi connectivity index (χ4n) is 3.63. The van der Waals surface area contributed by atoms with Crippen molar-refractivity contribution in [2.45, 2.75) is 33.6 Å². The van der Waals surface area contributed by atoms with Gasteiger partial charge in [-0.2, -0.15) is 5.26 Å². The number of aromatic nitrogens is 3. The van der Waals surface area contributed by atoms with Crippen molar-refractivity contribution in [2.75, 3.05) is 5.32 Å². The lowest BCUT2D eigenvalue weighted by Crippen LogP contribution is -2.09. The maximum atomic E-state index is 9.89. The minimum absolute atomic E-state index is 0.578. The van der Waals surface area contributed by atoms with Gasteiger partial charge in [-0.15, -0.1) is 0 Å². The molecule has 5 nitrogen and oxygen atoms in total. The number of nitrogens with zero attached hydrogens (tertiary/aromatic N) is 4. The van der Waals surface area contributed by atoms with E-state index in [-0.39, 0.29) is 0 Å². The predicted molar refractivity (Wildman–Crippen MR) is 113 cm³/mol. The first-order valence-electron chi connectivity index (χ1n) is 9.60. The van der Waals surface area contributed by atoms with Crippen LogP contribution in [0.25, 0.3) is 16.7 Å². The van der Waals surface area contributed by atoms with E-state index in [0.29, 0.717) is 17.1 Å². The molecule has 0 saturated heterocycles. The van der Waals surface area contributed by atoms with Gasteiger partial charge in [0.15, 0.2) is 5.65 Å². The molecular formula is C23H23N5. The van der Waals surface area contributed by atoms with Crippen molar-refractivity contribution in [3.63, 3.8) is 0 Å². The molecule has 0 aliphatic rings. The van der Waals surface area contributed by atoms with Crippen molar-refractivity contribution >= 4 is 28.2 Å². The summed E-state index contributed by atoms with van der Waals surface area (Å²) in [7, 11) is 0. The van der Waals surface area contributed by atoms with E-state index < -0.39 is 0 Å². The van der Waals surface area contributed by atoms with Crippen LogP contribution in [0.5, 0.6) is 0 Å². The Labute approximate surface area is 164 Å². The summed E-state index contributed by atoms with van der Waals surface area (Å²) in [5.74, 6) is 1.56. The van der Waals surface area contributed by atoms with Crippen molar-refractivity contribution in [3.8, 4) is 6.07 Å². The van der Waals surface area contributed by atoms with Gasteiger partial charge >= 0.3 is 0 Å². The van der Waals surface area contributed by atoms with E-state index in [1.165, 1.54) is 0 Å². The molecule has 140 valence electrons. The maximum absolute atomic E-state index is 9.89. The Morgan fingerprint density at radius 1 is 1.14 bits per heavy atom. The minimum atomic E-state index is 0.578. The molecule has 3 heterocycles. The summed E-state index contributed by atoms with van der Waals surface area (Å²) in [4.78, 5) is 8.89. The first kappa shape index (κ1) is 18.0. The summed E-state index contributed by atoms with van der Waals surface area (Å²) in [6.07, 6.45) is 5.49. The standard InChI is InChI=1S/C23H23N5/c1-15(2)8-9-18-16(3)19(14-24)23-27-20-6-4-5-7-21(20)28(23)22(18)26-17-10-12-25-13-11-17/h4-7,10-13,15H,8-9H2,1-3H3,(H,25,26). The van der Waals surface area contributed by atoms with Gasteiger partial charge in [0.05, 0.1) is 16.6 Å². The van der Waals surface area contributed by atoms with Crippen LogP contribution in [0.2, 0.25) is 0 Å². The van der Waals surface area contributed by atoms with Crippen LogP contribution in [0.4, 0.5) is 11.5 Å². The van der Waals surface area contributed by atoms with Gasteiger partial charge in [-0.3, -0.25) is 9.38 Å². The van der Waals surface area contributed by atoms with E-state index in [9.17, 15) is 5.26 Å².